The quantitative estimate of drug-likeness (QED) is 0.783. The number of carbonyl (C=O) groups is 1. The number of thiophene rings is 1. The van der Waals surface area contributed by atoms with Crippen molar-refractivity contribution >= 4 is 17.1 Å². The van der Waals surface area contributed by atoms with Gasteiger partial charge in [-0.15, -0.1) is 11.3 Å². The molecule has 3 rings (SSSR count). The molecule has 104 valence electrons. The third-order valence-electron chi connectivity index (χ3n) is 3.99. The zero-order valence-electron chi connectivity index (χ0n) is 11.8. The van der Waals surface area contributed by atoms with Crippen LogP contribution in [0.25, 0.3) is 0 Å². The number of rotatable bonds is 3. The first-order valence-corrected chi connectivity index (χ1v) is 7.84. The molecule has 0 fully saturated rings. The van der Waals surface area contributed by atoms with Crippen LogP contribution in [0.1, 0.15) is 45.1 Å². The summed E-state index contributed by atoms with van der Waals surface area (Å²) in [4.78, 5) is 14.3. The second kappa shape index (κ2) is 5.41. The first-order valence-electron chi connectivity index (χ1n) is 6.96. The predicted molar refractivity (Wildman–Crippen MR) is 82.1 cm³/mol. The summed E-state index contributed by atoms with van der Waals surface area (Å²) in [6.07, 6.45) is 3.15. The lowest BCUT2D eigenvalue weighted by Gasteiger charge is -2.22. The summed E-state index contributed by atoms with van der Waals surface area (Å²) < 4.78 is 5.36. The highest BCUT2D eigenvalue weighted by molar-refractivity contribution is 7.10. The van der Waals surface area contributed by atoms with Crippen molar-refractivity contribution in [3.05, 3.63) is 51.2 Å². The van der Waals surface area contributed by atoms with Crippen LogP contribution in [0.4, 0.5) is 0 Å². The average Bonchev–Trinajstić information content (AvgIpc) is 2.94. The Morgan fingerprint density at radius 3 is 3.00 bits per heavy atom. The third-order valence-corrected chi connectivity index (χ3v) is 4.99. The van der Waals surface area contributed by atoms with E-state index in [9.17, 15) is 4.79 Å². The molecular formula is C17H18O2S. The van der Waals surface area contributed by atoms with Gasteiger partial charge in [0.2, 0.25) is 0 Å². The fourth-order valence-corrected chi connectivity index (χ4v) is 3.95. The first kappa shape index (κ1) is 13.4. The van der Waals surface area contributed by atoms with Gasteiger partial charge >= 0.3 is 0 Å². The van der Waals surface area contributed by atoms with Crippen LogP contribution in [-0.2, 0) is 6.42 Å². The summed E-state index contributed by atoms with van der Waals surface area (Å²) in [5.74, 6) is 0.883. The summed E-state index contributed by atoms with van der Waals surface area (Å²) in [6, 6.07) is 7.93. The topological polar surface area (TPSA) is 26.3 Å². The summed E-state index contributed by atoms with van der Waals surface area (Å²) in [5.41, 5.74) is 3.04. The van der Waals surface area contributed by atoms with E-state index in [4.69, 9.17) is 4.74 Å². The number of methoxy groups -OCH3 is 1. The molecule has 0 radical (unpaired) electrons. The van der Waals surface area contributed by atoms with Crippen LogP contribution in [0.5, 0.6) is 5.75 Å². The van der Waals surface area contributed by atoms with Gasteiger partial charge in [0.25, 0.3) is 0 Å². The van der Waals surface area contributed by atoms with Gasteiger partial charge in [0.15, 0.2) is 5.78 Å². The Labute approximate surface area is 123 Å². The van der Waals surface area contributed by atoms with Gasteiger partial charge in [-0.25, -0.2) is 0 Å². The van der Waals surface area contributed by atoms with E-state index in [-0.39, 0.29) is 11.7 Å². The number of aryl methyl sites for hydroxylation is 2. The molecule has 1 aliphatic carbocycles. The molecule has 1 aromatic heterocycles. The molecule has 0 aliphatic heterocycles. The van der Waals surface area contributed by atoms with E-state index in [1.54, 1.807) is 18.4 Å². The Morgan fingerprint density at radius 2 is 2.20 bits per heavy atom. The summed E-state index contributed by atoms with van der Waals surface area (Å²) in [5, 5.41) is 2.10. The maximum atomic E-state index is 12.9. The minimum Gasteiger partial charge on any atom is -0.496 e. The highest BCUT2D eigenvalue weighted by Crippen LogP contribution is 2.38. The maximum absolute atomic E-state index is 12.9. The van der Waals surface area contributed by atoms with Crippen molar-refractivity contribution in [1.29, 1.82) is 0 Å². The van der Waals surface area contributed by atoms with Crippen molar-refractivity contribution in [2.75, 3.05) is 7.11 Å². The largest absolute Gasteiger partial charge is 0.496 e. The molecule has 0 spiro atoms. The molecule has 2 nitrogen and oxygen atoms in total. The average molecular weight is 286 g/mol. The molecule has 0 saturated carbocycles. The number of Topliss-reactive ketones (excluding diaryl/α,β-unsaturated/α-hetero) is 1. The smallest absolute Gasteiger partial charge is 0.174 e. The summed E-state index contributed by atoms with van der Waals surface area (Å²) in [7, 11) is 1.62. The second-order valence-electron chi connectivity index (χ2n) is 5.31. The lowest BCUT2D eigenvalue weighted by Crippen LogP contribution is -2.18. The van der Waals surface area contributed by atoms with Crippen LogP contribution in [0.15, 0.2) is 29.6 Å². The Morgan fingerprint density at radius 1 is 1.35 bits per heavy atom. The van der Waals surface area contributed by atoms with E-state index < -0.39 is 0 Å². The van der Waals surface area contributed by atoms with Gasteiger partial charge in [-0.1, -0.05) is 11.6 Å². The number of carbonyl (C=O) groups excluding carboxylic acids is 1. The third kappa shape index (κ3) is 2.27. The number of fused-ring (bicyclic) bond motifs is 1. The molecule has 1 heterocycles. The maximum Gasteiger partial charge on any atom is 0.174 e. The van der Waals surface area contributed by atoms with Gasteiger partial charge in [0, 0.05) is 10.8 Å². The van der Waals surface area contributed by atoms with Gasteiger partial charge < -0.3 is 4.74 Å². The molecule has 0 saturated heterocycles. The van der Waals surface area contributed by atoms with Gasteiger partial charge in [-0.05, 0) is 55.3 Å². The Kier molecular flexibility index (Phi) is 3.62. The Balaban J connectivity index is 2.01. The number of hydrogen-bond acceptors (Lipinski definition) is 3. The lowest BCUT2D eigenvalue weighted by atomic mass is 9.82. The van der Waals surface area contributed by atoms with Gasteiger partial charge in [0.05, 0.1) is 12.7 Å². The van der Waals surface area contributed by atoms with Crippen molar-refractivity contribution in [2.24, 2.45) is 0 Å². The van der Waals surface area contributed by atoms with Crippen LogP contribution >= 0.6 is 11.3 Å². The number of hydrogen-bond donors (Lipinski definition) is 0. The normalized spacial score (nSPS) is 17.6. The first-order chi connectivity index (χ1) is 9.70. The Bertz CT molecular complexity index is 642. The van der Waals surface area contributed by atoms with Crippen LogP contribution < -0.4 is 4.74 Å². The fourth-order valence-electron chi connectivity index (χ4n) is 2.96. The van der Waals surface area contributed by atoms with Crippen molar-refractivity contribution in [1.82, 2.24) is 0 Å². The van der Waals surface area contributed by atoms with Gasteiger partial charge in [0.1, 0.15) is 5.75 Å². The van der Waals surface area contributed by atoms with E-state index in [1.165, 1.54) is 10.4 Å². The van der Waals surface area contributed by atoms with Gasteiger partial charge in [-0.3, -0.25) is 4.79 Å². The van der Waals surface area contributed by atoms with E-state index >= 15 is 0 Å². The molecule has 1 aliphatic rings. The van der Waals surface area contributed by atoms with Crippen LogP contribution in [-0.4, -0.2) is 12.9 Å². The van der Waals surface area contributed by atoms with Crippen LogP contribution in [0.3, 0.4) is 0 Å². The molecule has 2 aromatic rings. The van der Waals surface area contributed by atoms with Crippen molar-refractivity contribution < 1.29 is 9.53 Å². The van der Waals surface area contributed by atoms with Crippen molar-refractivity contribution in [3.8, 4) is 5.75 Å². The number of benzene rings is 1. The monoisotopic (exact) mass is 286 g/mol. The van der Waals surface area contributed by atoms with E-state index in [2.05, 4.69) is 11.4 Å². The molecule has 1 atom stereocenters. The fraction of sp³-hybridized carbons (Fsp3) is 0.353. The van der Waals surface area contributed by atoms with E-state index in [0.717, 1.165) is 30.4 Å². The molecule has 1 aromatic carbocycles. The lowest BCUT2D eigenvalue weighted by molar-refractivity contribution is 0.0948. The molecular weight excluding hydrogens is 268 g/mol. The van der Waals surface area contributed by atoms with E-state index in [1.807, 2.05) is 25.1 Å². The second-order valence-corrected chi connectivity index (χ2v) is 6.31. The van der Waals surface area contributed by atoms with Crippen molar-refractivity contribution in [3.63, 3.8) is 0 Å². The molecule has 1 unspecified atom stereocenters. The molecule has 0 bridgehead atoms. The SMILES string of the molecule is COc1ccc(C)cc1C(=O)C1CCCc2sccc21. The zero-order valence-corrected chi connectivity index (χ0v) is 12.6. The zero-order chi connectivity index (χ0) is 14.1. The molecule has 20 heavy (non-hydrogen) atoms. The van der Waals surface area contributed by atoms with E-state index in [0.29, 0.717) is 5.75 Å². The minimum atomic E-state index is 0.000648. The standard InChI is InChI=1S/C17H18O2S/c1-11-6-7-15(19-2)14(10-11)17(18)13-4-3-5-16-12(13)8-9-20-16/h6-10,13H,3-5H2,1-2H3. The Hall–Kier alpha value is -1.61. The predicted octanol–water partition coefficient (Wildman–Crippen LogP) is 4.37. The van der Waals surface area contributed by atoms with Crippen molar-refractivity contribution in [2.45, 2.75) is 32.1 Å². The highest BCUT2D eigenvalue weighted by Gasteiger charge is 2.29. The number of ketones is 1. The molecule has 0 N–H and O–H groups in total. The number of ether oxygens (including phenoxy) is 1. The summed E-state index contributed by atoms with van der Waals surface area (Å²) in [6.45, 7) is 2.01. The van der Waals surface area contributed by atoms with Crippen LogP contribution in [0.2, 0.25) is 0 Å². The highest BCUT2D eigenvalue weighted by atomic mass is 32.1. The summed E-state index contributed by atoms with van der Waals surface area (Å²) >= 11 is 1.77. The molecule has 3 heteroatoms. The minimum absolute atomic E-state index is 0.000648. The van der Waals surface area contributed by atoms with Crippen LogP contribution in [0, 0.1) is 6.92 Å². The molecule has 0 amide bonds. The van der Waals surface area contributed by atoms with Gasteiger partial charge in [-0.2, -0.15) is 0 Å².